The van der Waals surface area contributed by atoms with E-state index >= 15 is 0 Å². The minimum absolute atomic E-state index is 0.899. The summed E-state index contributed by atoms with van der Waals surface area (Å²) in [7, 11) is 3.94. The number of rotatable bonds is 4. The lowest BCUT2D eigenvalue weighted by Gasteiger charge is -2.17. The molecule has 0 saturated heterocycles. The zero-order chi connectivity index (χ0) is 11.4. The maximum atomic E-state index is 4.49. The second-order valence-electron chi connectivity index (χ2n) is 3.57. The fraction of sp³-hybridized carbons (Fsp3) is 0.250. The average Bonchev–Trinajstić information content (AvgIpc) is 2.82. The van der Waals surface area contributed by atoms with E-state index in [0.29, 0.717) is 0 Å². The van der Waals surface area contributed by atoms with Crippen LogP contribution in [0.4, 0.5) is 11.6 Å². The molecule has 0 amide bonds. The lowest BCUT2D eigenvalue weighted by Crippen LogP contribution is -2.17. The van der Waals surface area contributed by atoms with Crippen molar-refractivity contribution >= 4 is 23.0 Å². The van der Waals surface area contributed by atoms with Gasteiger partial charge >= 0.3 is 0 Å². The number of anilines is 2. The number of pyridine rings is 1. The van der Waals surface area contributed by atoms with Crippen LogP contribution in [-0.2, 0) is 6.54 Å². The number of nitrogens with zero attached hydrogens (tertiary/aromatic N) is 2. The third-order valence-electron chi connectivity index (χ3n) is 2.35. The van der Waals surface area contributed by atoms with E-state index in [1.165, 1.54) is 4.88 Å². The minimum Gasteiger partial charge on any atom is -0.373 e. The highest BCUT2D eigenvalue weighted by Gasteiger charge is 2.04. The van der Waals surface area contributed by atoms with Crippen molar-refractivity contribution in [2.24, 2.45) is 0 Å². The third-order valence-corrected chi connectivity index (χ3v) is 3.22. The van der Waals surface area contributed by atoms with Crippen LogP contribution in [0.1, 0.15) is 4.88 Å². The Labute approximate surface area is 99.8 Å². The quantitative estimate of drug-likeness (QED) is 0.880. The summed E-state index contributed by atoms with van der Waals surface area (Å²) in [6.45, 7) is 0.901. The van der Waals surface area contributed by atoms with Crippen molar-refractivity contribution in [3.8, 4) is 0 Å². The Morgan fingerprint density at radius 3 is 2.88 bits per heavy atom. The topological polar surface area (TPSA) is 28.2 Å². The highest BCUT2D eigenvalue weighted by molar-refractivity contribution is 7.09. The fourth-order valence-corrected chi connectivity index (χ4v) is 2.25. The Bertz CT molecular complexity index is 439. The summed E-state index contributed by atoms with van der Waals surface area (Å²) in [6, 6.07) is 10.2. The fourth-order valence-electron chi connectivity index (χ4n) is 1.49. The molecule has 0 atom stereocenters. The van der Waals surface area contributed by atoms with Gasteiger partial charge in [0.1, 0.15) is 11.6 Å². The summed E-state index contributed by atoms with van der Waals surface area (Å²) in [5.74, 6) is 1.88. The Hall–Kier alpha value is -1.55. The number of nitrogens with one attached hydrogen (secondary N) is 1. The average molecular weight is 233 g/mol. The zero-order valence-electron chi connectivity index (χ0n) is 9.47. The lowest BCUT2D eigenvalue weighted by molar-refractivity contribution is 0.913. The SMILES string of the molecule is CNc1cccc(N(C)Cc2cccs2)n1. The monoisotopic (exact) mass is 233 g/mol. The highest BCUT2D eigenvalue weighted by atomic mass is 32.1. The van der Waals surface area contributed by atoms with Crippen LogP contribution in [0.25, 0.3) is 0 Å². The van der Waals surface area contributed by atoms with E-state index < -0.39 is 0 Å². The summed E-state index contributed by atoms with van der Waals surface area (Å²) in [6.07, 6.45) is 0. The van der Waals surface area contributed by atoms with Crippen LogP contribution >= 0.6 is 11.3 Å². The maximum Gasteiger partial charge on any atom is 0.131 e. The first-order valence-corrected chi connectivity index (χ1v) is 6.06. The molecular formula is C12H15N3S. The second-order valence-corrected chi connectivity index (χ2v) is 4.60. The highest BCUT2D eigenvalue weighted by Crippen LogP contribution is 2.17. The standard InChI is InChI=1S/C12H15N3S/c1-13-11-6-3-7-12(14-11)15(2)9-10-5-4-8-16-10/h3-8H,9H2,1-2H3,(H,13,14). The van der Waals surface area contributed by atoms with E-state index in [0.717, 1.165) is 18.2 Å². The van der Waals surface area contributed by atoms with Crippen LogP contribution in [0.15, 0.2) is 35.7 Å². The number of thiophene rings is 1. The zero-order valence-corrected chi connectivity index (χ0v) is 10.3. The van der Waals surface area contributed by atoms with Gasteiger partial charge in [-0.3, -0.25) is 0 Å². The molecule has 2 aromatic rings. The van der Waals surface area contributed by atoms with E-state index in [-0.39, 0.29) is 0 Å². The first-order chi connectivity index (χ1) is 7.79. The number of hydrogen-bond acceptors (Lipinski definition) is 4. The largest absolute Gasteiger partial charge is 0.373 e. The van der Waals surface area contributed by atoms with Crippen LogP contribution < -0.4 is 10.2 Å². The van der Waals surface area contributed by atoms with E-state index in [9.17, 15) is 0 Å². The molecule has 0 radical (unpaired) electrons. The van der Waals surface area contributed by atoms with Crippen molar-refractivity contribution in [3.05, 3.63) is 40.6 Å². The van der Waals surface area contributed by atoms with Gasteiger partial charge < -0.3 is 10.2 Å². The molecule has 0 aliphatic rings. The van der Waals surface area contributed by atoms with Gasteiger partial charge in [-0.25, -0.2) is 4.98 Å². The molecule has 0 unspecified atom stereocenters. The van der Waals surface area contributed by atoms with Crippen molar-refractivity contribution in [2.75, 3.05) is 24.3 Å². The molecular weight excluding hydrogens is 218 g/mol. The first-order valence-electron chi connectivity index (χ1n) is 5.18. The molecule has 0 bridgehead atoms. The van der Waals surface area contributed by atoms with Crippen LogP contribution in [0, 0.1) is 0 Å². The molecule has 0 saturated carbocycles. The van der Waals surface area contributed by atoms with Gasteiger partial charge in [0.25, 0.3) is 0 Å². The first kappa shape index (κ1) is 11.0. The molecule has 16 heavy (non-hydrogen) atoms. The second kappa shape index (κ2) is 4.99. The Balaban J connectivity index is 2.11. The van der Waals surface area contributed by atoms with Gasteiger partial charge in [-0.2, -0.15) is 0 Å². The summed E-state index contributed by atoms with van der Waals surface area (Å²) in [5, 5.41) is 5.14. The molecule has 2 heterocycles. The third kappa shape index (κ3) is 2.52. The van der Waals surface area contributed by atoms with Crippen LogP contribution in [0.3, 0.4) is 0 Å². The molecule has 2 rings (SSSR count). The molecule has 0 spiro atoms. The molecule has 2 aromatic heterocycles. The Morgan fingerprint density at radius 2 is 2.19 bits per heavy atom. The van der Waals surface area contributed by atoms with Crippen LogP contribution in [0.2, 0.25) is 0 Å². The van der Waals surface area contributed by atoms with Crippen molar-refractivity contribution in [1.29, 1.82) is 0 Å². The normalized spacial score (nSPS) is 10.1. The van der Waals surface area contributed by atoms with E-state index in [1.807, 2.05) is 25.2 Å². The van der Waals surface area contributed by atoms with Gasteiger partial charge in [0.15, 0.2) is 0 Å². The summed E-state index contributed by atoms with van der Waals surface area (Å²) < 4.78 is 0. The number of hydrogen-bond donors (Lipinski definition) is 1. The van der Waals surface area contributed by atoms with Crippen molar-refractivity contribution in [3.63, 3.8) is 0 Å². The molecule has 0 aliphatic carbocycles. The molecule has 84 valence electrons. The van der Waals surface area contributed by atoms with Gasteiger partial charge in [0.05, 0.1) is 6.54 Å². The summed E-state index contributed by atoms with van der Waals surface area (Å²) in [4.78, 5) is 7.98. The van der Waals surface area contributed by atoms with Crippen LogP contribution in [0.5, 0.6) is 0 Å². The van der Waals surface area contributed by atoms with Gasteiger partial charge in [0, 0.05) is 19.0 Å². The lowest BCUT2D eigenvalue weighted by atomic mass is 10.4. The molecule has 3 nitrogen and oxygen atoms in total. The Morgan fingerprint density at radius 1 is 1.31 bits per heavy atom. The maximum absolute atomic E-state index is 4.49. The molecule has 0 aliphatic heterocycles. The molecule has 4 heteroatoms. The van der Waals surface area contributed by atoms with E-state index in [1.54, 1.807) is 11.3 Å². The van der Waals surface area contributed by atoms with Gasteiger partial charge in [-0.15, -0.1) is 11.3 Å². The van der Waals surface area contributed by atoms with Gasteiger partial charge in [-0.05, 0) is 23.6 Å². The van der Waals surface area contributed by atoms with Crippen LogP contribution in [-0.4, -0.2) is 19.1 Å². The van der Waals surface area contributed by atoms with Crippen molar-refractivity contribution in [1.82, 2.24) is 4.98 Å². The Kier molecular flexibility index (Phi) is 3.41. The van der Waals surface area contributed by atoms with Crippen molar-refractivity contribution in [2.45, 2.75) is 6.54 Å². The smallest absolute Gasteiger partial charge is 0.131 e. The van der Waals surface area contributed by atoms with E-state index in [4.69, 9.17) is 0 Å². The minimum atomic E-state index is 0.899. The molecule has 1 N–H and O–H groups in total. The molecule has 0 fully saturated rings. The predicted molar refractivity (Wildman–Crippen MR) is 70.2 cm³/mol. The predicted octanol–water partition coefficient (Wildman–Crippen LogP) is 2.82. The molecule has 0 aromatic carbocycles. The number of aromatic nitrogens is 1. The van der Waals surface area contributed by atoms with Crippen molar-refractivity contribution < 1.29 is 0 Å². The van der Waals surface area contributed by atoms with Gasteiger partial charge in [0.2, 0.25) is 0 Å². The van der Waals surface area contributed by atoms with E-state index in [2.05, 4.69) is 39.8 Å². The summed E-state index contributed by atoms with van der Waals surface area (Å²) in [5.41, 5.74) is 0. The van der Waals surface area contributed by atoms with Gasteiger partial charge in [-0.1, -0.05) is 12.1 Å². The summed E-state index contributed by atoms with van der Waals surface area (Å²) >= 11 is 1.77.